The molecule has 7 heteroatoms. The summed E-state index contributed by atoms with van der Waals surface area (Å²) in [4.78, 5) is 23.0. The molecule has 0 aliphatic heterocycles. The van der Waals surface area contributed by atoms with Gasteiger partial charge in [0.25, 0.3) is 5.91 Å². The van der Waals surface area contributed by atoms with Crippen LogP contribution in [0.5, 0.6) is 5.75 Å². The predicted molar refractivity (Wildman–Crippen MR) is 88.0 cm³/mol. The largest absolute Gasteiger partial charge is 0.484 e. The smallest absolute Gasteiger partial charge is 0.258 e. The first kappa shape index (κ1) is 18.4. The van der Waals surface area contributed by atoms with Crippen LogP contribution in [0, 0.1) is 11.6 Å². The third-order valence-corrected chi connectivity index (χ3v) is 3.59. The summed E-state index contributed by atoms with van der Waals surface area (Å²) in [5, 5.41) is 2.61. The van der Waals surface area contributed by atoms with Crippen molar-refractivity contribution in [1.29, 1.82) is 0 Å². The van der Waals surface area contributed by atoms with Crippen molar-refractivity contribution in [3.63, 3.8) is 0 Å². The molecule has 0 aliphatic rings. The number of amides is 2. The molecule has 2 rings (SSSR count). The molecule has 25 heavy (non-hydrogen) atoms. The Hall–Kier alpha value is -2.96. The predicted octanol–water partition coefficient (Wildman–Crippen LogP) is 2.71. The SMILES string of the molecule is CC[C@@H](NC(=O)COc1ccc(C(N)=O)cc1)c1cc(F)ccc1F. The van der Waals surface area contributed by atoms with Crippen LogP contribution in [0.15, 0.2) is 42.5 Å². The quantitative estimate of drug-likeness (QED) is 0.807. The van der Waals surface area contributed by atoms with Crippen LogP contribution in [-0.2, 0) is 4.79 Å². The molecule has 132 valence electrons. The van der Waals surface area contributed by atoms with Crippen LogP contribution in [0.4, 0.5) is 8.78 Å². The summed E-state index contributed by atoms with van der Waals surface area (Å²) in [7, 11) is 0. The zero-order chi connectivity index (χ0) is 18.4. The number of hydrogen-bond acceptors (Lipinski definition) is 3. The van der Waals surface area contributed by atoms with Crippen LogP contribution in [0.1, 0.15) is 35.3 Å². The van der Waals surface area contributed by atoms with E-state index < -0.39 is 29.5 Å². The van der Waals surface area contributed by atoms with Crippen LogP contribution in [0.2, 0.25) is 0 Å². The van der Waals surface area contributed by atoms with Crippen LogP contribution < -0.4 is 15.8 Å². The van der Waals surface area contributed by atoms with Crippen LogP contribution in [0.25, 0.3) is 0 Å². The molecule has 2 amide bonds. The lowest BCUT2D eigenvalue weighted by molar-refractivity contribution is -0.123. The van der Waals surface area contributed by atoms with E-state index in [2.05, 4.69) is 5.32 Å². The molecule has 0 aromatic heterocycles. The Morgan fingerprint density at radius 3 is 2.44 bits per heavy atom. The second-order valence-electron chi connectivity index (χ2n) is 5.37. The van der Waals surface area contributed by atoms with Gasteiger partial charge < -0.3 is 15.8 Å². The molecule has 0 spiro atoms. The van der Waals surface area contributed by atoms with E-state index in [0.29, 0.717) is 17.7 Å². The van der Waals surface area contributed by atoms with Gasteiger partial charge in [-0.25, -0.2) is 8.78 Å². The first-order valence-corrected chi connectivity index (χ1v) is 7.67. The molecule has 0 aliphatic carbocycles. The first-order chi connectivity index (χ1) is 11.9. The van der Waals surface area contributed by atoms with E-state index in [1.54, 1.807) is 6.92 Å². The zero-order valence-corrected chi connectivity index (χ0v) is 13.6. The van der Waals surface area contributed by atoms with Gasteiger partial charge in [0.05, 0.1) is 6.04 Å². The van der Waals surface area contributed by atoms with E-state index >= 15 is 0 Å². The maximum Gasteiger partial charge on any atom is 0.258 e. The van der Waals surface area contributed by atoms with Crippen molar-refractivity contribution in [2.24, 2.45) is 5.73 Å². The zero-order valence-electron chi connectivity index (χ0n) is 13.6. The molecule has 5 nitrogen and oxygen atoms in total. The lowest BCUT2D eigenvalue weighted by atomic mass is 10.0. The van der Waals surface area contributed by atoms with Gasteiger partial charge in [-0.05, 0) is 48.9 Å². The summed E-state index contributed by atoms with van der Waals surface area (Å²) in [5.74, 6) is -1.82. The second-order valence-corrected chi connectivity index (χ2v) is 5.37. The van der Waals surface area contributed by atoms with Crippen molar-refractivity contribution in [3.05, 3.63) is 65.2 Å². The van der Waals surface area contributed by atoms with Crippen LogP contribution in [0.3, 0.4) is 0 Å². The van der Waals surface area contributed by atoms with Gasteiger partial charge >= 0.3 is 0 Å². The topological polar surface area (TPSA) is 81.4 Å². The summed E-state index contributed by atoms with van der Waals surface area (Å²) in [6.07, 6.45) is 0.388. The fourth-order valence-electron chi connectivity index (χ4n) is 2.28. The molecule has 0 unspecified atom stereocenters. The molecule has 0 saturated heterocycles. The number of ether oxygens (including phenoxy) is 1. The van der Waals surface area contributed by atoms with E-state index in [4.69, 9.17) is 10.5 Å². The van der Waals surface area contributed by atoms with E-state index in [1.165, 1.54) is 24.3 Å². The maximum atomic E-state index is 13.8. The number of primary amides is 1. The Bertz CT molecular complexity index is 763. The fourth-order valence-corrected chi connectivity index (χ4v) is 2.28. The van der Waals surface area contributed by atoms with Gasteiger partial charge in [0.15, 0.2) is 6.61 Å². The summed E-state index contributed by atoms with van der Waals surface area (Å²) in [5.41, 5.74) is 5.54. The van der Waals surface area contributed by atoms with E-state index in [-0.39, 0.29) is 12.2 Å². The number of nitrogens with one attached hydrogen (secondary N) is 1. The average Bonchev–Trinajstić information content (AvgIpc) is 2.60. The van der Waals surface area contributed by atoms with Crippen molar-refractivity contribution in [2.75, 3.05) is 6.61 Å². The van der Waals surface area contributed by atoms with E-state index in [1.807, 2.05) is 0 Å². The number of benzene rings is 2. The van der Waals surface area contributed by atoms with Gasteiger partial charge in [-0.3, -0.25) is 9.59 Å². The molecule has 0 radical (unpaired) electrons. The summed E-state index contributed by atoms with van der Waals surface area (Å²) in [6.45, 7) is 1.45. The highest BCUT2D eigenvalue weighted by Crippen LogP contribution is 2.21. The maximum absolute atomic E-state index is 13.8. The van der Waals surface area contributed by atoms with Crippen molar-refractivity contribution in [2.45, 2.75) is 19.4 Å². The highest BCUT2D eigenvalue weighted by atomic mass is 19.1. The molecule has 0 fully saturated rings. The number of hydrogen-bond donors (Lipinski definition) is 2. The van der Waals surface area contributed by atoms with E-state index in [0.717, 1.165) is 18.2 Å². The minimum Gasteiger partial charge on any atom is -0.484 e. The van der Waals surface area contributed by atoms with Crippen LogP contribution >= 0.6 is 0 Å². The monoisotopic (exact) mass is 348 g/mol. The molecule has 2 aromatic carbocycles. The number of halogens is 2. The molecule has 1 atom stereocenters. The third kappa shape index (κ3) is 5.00. The lowest BCUT2D eigenvalue weighted by Crippen LogP contribution is -2.32. The number of carbonyl (C=O) groups is 2. The summed E-state index contributed by atoms with van der Waals surface area (Å²) < 4.78 is 32.4. The molecule has 0 bridgehead atoms. The van der Waals surface area contributed by atoms with Gasteiger partial charge in [-0.2, -0.15) is 0 Å². The van der Waals surface area contributed by atoms with Gasteiger partial charge in [-0.15, -0.1) is 0 Å². The first-order valence-electron chi connectivity index (χ1n) is 7.67. The standard InChI is InChI=1S/C18H18F2N2O3/c1-2-16(14-9-12(19)5-8-15(14)20)22-17(23)10-25-13-6-3-11(4-7-13)18(21)24/h3-9,16H,2,10H2,1H3,(H2,21,24)(H,22,23)/t16-/m1/s1. The Morgan fingerprint density at radius 1 is 1.16 bits per heavy atom. The van der Waals surface area contributed by atoms with Gasteiger partial charge in [0.1, 0.15) is 17.4 Å². The normalized spacial score (nSPS) is 11.6. The Labute approximate surface area is 143 Å². The molecular weight excluding hydrogens is 330 g/mol. The Balaban J connectivity index is 1.96. The molecular formula is C18H18F2N2O3. The molecule has 2 aromatic rings. The second kappa shape index (κ2) is 8.23. The Kier molecular flexibility index (Phi) is 6.05. The summed E-state index contributed by atoms with van der Waals surface area (Å²) >= 11 is 0. The molecule has 3 N–H and O–H groups in total. The number of nitrogens with two attached hydrogens (primary N) is 1. The third-order valence-electron chi connectivity index (χ3n) is 3.59. The van der Waals surface area contributed by atoms with Crippen molar-refractivity contribution >= 4 is 11.8 Å². The van der Waals surface area contributed by atoms with Gasteiger partial charge in [-0.1, -0.05) is 6.92 Å². The van der Waals surface area contributed by atoms with Crippen molar-refractivity contribution in [1.82, 2.24) is 5.32 Å². The fraction of sp³-hybridized carbons (Fsp3) is 0.222. The van der Waals surface area contributed by atoms with Crippen molar-refractivity contribution in [3.8, 4) is 5.75 Å². The molecule has 0 saturated carbocycles. The van der Waals surface area contributed by atoms with Gasteiger partial charge in [0, 0.05) is 11.1 Å². The van der Waals surface area contributed by atoms with Crippen LogP contribution in [-0.4, -0.2) is 18.4 Å². The number of rotatable bonds is 7. The highest BCUT2D eigenvalue weighted by molar-refractivity contribution is 5.92. The highest BCUT2D eigenvalue weighted by Gasteiger charge is 2.17. The lowest BCUT2D eigenvalue weighted by Gasteiger charge is -2.18. The number of carbonyl (C=O) groups excluding carboxylic acids is 2. The molecule has 0 heterocycles. The minimum absolute atomic E-state index is 0.0849. The average molecular weight is 348 g/mol. The minimum atomic E-state index is -0.663. The van der Waals surface area contributed by atoms with Crippen molar-refractivity contribution < 1.29 is 23.1 Å². The summed E-state index contributed by atoms with van der Waals surface area (Å²) in [6, 6.07) is 8.42. The van der Waals surface area contributed by atoms with E-state index in [9.17, 15) is 18.4 Å². The Morgan fingerprint density at radius 2 is 1.84 bits per heavy atom. The van der Waals surface area contributed by atoms with Gasteiger partial charge in [0.2, 0.25) is 5.91 Å².